The van der Waals surface area contributed by atoms with Crippen molar-refractivity contribution in [2.24, 2.45) is 0 Å². The van der Waals surface area contributed by atoms with Gasteiger partial charge in [-0.15, -0.1) is 0 Å². The second-order valence-electron chi connectivity index (χ2n) is 11.2. The fourth-order valence-corrected chi connectivity index (χ4v) is 5.75. The molecule has 1 N–H and O–H groups in total. The zero-order valence-corrected chi connectivity index (χ0v) is 25.4. The lowest BCUT2D eigenvalue weighted by Gasteiger charge is -2.24. The Morgan fingerprint density at radius 1 is 0.522 bits per heavy atom. The lowest BCUT2D eigenvalue weighted by molar-refractivity contribution is -0.126. The summed E-state index contributed by atoms with van der Waals surface area (Å²) in [5, 5.41) is 13.6. The Hall–Kier alpha value is -6.01. The Bertz CT molecular complexity index is 1920. The van der Waals surface area contributed by atoms with Crippen LogP contribution in [-0.4, -0.2) is 25.5 Å². The van der Waals surface area contributed by atoms with Crippen molar-refractivity contribution in [1.29, 1.82) is 0 Å². The van der Waals surface area contributed by atoms with Gasteiger partial charge in [-0.1, -0.05) is 152 Å². The minimum atomic E-state index is -0.952. The predicted octanol–water partition coefficient (Wildman–Crippen LogP) is 8.67. The van der Waals surface area contributed by atoms with E-state index in [1.807, 2.05) is 168 Å². The number of amides is 1. The predicted molar refractivity (Wildman–Crippen MR) is 184 cm³/mol. The molecule has 7 aromatic rings. The Labute approximate surface area is 268 Å². The molecular formula is C40H33N5O. The highest BCUT2D eigenvalue weighted by Crippen LogP contribution is 2.34. The SMILES string of the molecule is C[C@@H](NC(=O)C(n1nc(-c2ccccc2)cc1-c1ccccc1)n1nc(-c2ccccc2)cc1-c1ccccc1)c1ccccc1. The van der Waals surface area contributed by atoms with E-state index in [0.29, 0.717) is 0 Å². The van der Waals surface area contributed by atoms with Crippen LogP contribution in [0.25, 0.3) is 45.0 Å². The molecule has 0 fully saturated rings. The van der Waals surface area contributed by atoms with Crippen LogP contribution in [0.15, 0.2) is 164 Å². The lowest BCUT2D eigenvalue weighted by atomic mass is 10.1. The highest BCUT2D eigenvalue weighted by molar-refractivity contribution is 5.83. The summed E-state index contributed by atoms with van der Waals surface area (Å²) in [6.07, 6.45) is -0.952. The van der Waals surface area contributed by atoms with Crippen molar-refractivity contribution in [3.05, 3.63) is 169 Å². The van der Waals surface area contributed by atoms with E-state index >= 15 is 0 Å². The van der Waals surface area contributed by atoms with E-state index in [1.54, 1.807) is 0 Å². The molecule has 1 amide bonds. The summed E-state index contributed by atoms with van der Waals surface area (Å²) in [5.41, 5.74) is 7.98. The maximum atomic E-state index is 14.8. The third-order valence-corrected chi connectivity index (χ3v) is 8.11. The molecular weight excluding hydrogens is 566 g/mol. The molecule has 0 aliphatic rings. The van der Waals surface area contributed by atoms with Crippen molar-refractivity contribution in [3.8, 4) is 45.0 Å². The molecule has 0 saturated heterocycles. The number of hydrogen-bond donors (Lipinski definition) is 1. The topological polar surface area (TPSA) is 64.7 Å². The maximum absolute atomic E-state index is 14.8. The number of carbonyl (C=O) groups is 1. The molecule has 0 aliphatic heterocycles. The van der Waals surface area contributed by atoms with E-state index in [9.17, 15) is 4.79 Å². The fraction of sp³-hybridized carbons (Fsp3) is 0.0750. The van der Waals surface area contributed by atoms with Crippen molar-refractivity contribution in [2.75, 3.05) is 0 Å². The summed E-state index contributed by atoms with van der Waals surface area (Å²) in [5.74, 6) is -0.226. The largest absolute Gasteiger partial charge is 0.346 e. The number of benzene rings is 5. The summed E-state index contributed by atoms with van der Waals surface area (Å²) < 4.78 is 3.64. The van der Waals surface area contributed by atoms with Gasteiger partial charge in [-0.3, -0.25) is 4.79 Å². The molecule has 0 aliphatic carbocycles. The van der Waals surface area contributed by atoms with Gasteiger partial charge in [-0.05, 0) is 35.7 Å². The summed E-state index contributed by atoms with van der Waals surface area (Å²) in [7, 11) is 0. The summed E-state index contributed by atoms with van der Waals surface area (Å²) in [6, 6.07) is 54.1. The monoisotopic (exact) mass is 599 g/mol. The first-order valence-electron chi connectivity index (χ1n) is 15.4. The lowest BCUT2D eigenvalue weighted by Crippen LogP contribution is -2.39. The van der Waals surface area contributed by atoms with Crippen molar-refractivity contribution >= 4 is 5.91 Å². The average Bonchev–Trinajstić information content (AvgIpc) is 3.76. The molecule has 0 spiro atoms. The Morgan fingerprint density at radius 3 is 1.26 bits per heavy atom. The van der Waals surface area contributed by atoms with Crippen molar-refractivity contribution in [2.45, 2.75) is 19.1 Å². The van der Waals surface area contributed by atoms with E-state index in [-0.39, 0.29) is 11.9 Å². The Balaban J connectivity index is 1.46. The van der Waals surface area contributed by atoms with Gasteiger partial charge in [-0.25, -0.2) is 9.36 Å². The summed E-state index contributed by atoms with van der Waals surface area (Å²) >= 11 is 0. The number of rotatable bonds is 9. The van der Waals surface area contributed by atoms with E-state index in [1.165, 1.54) is 0 Å². The molecule has 2 heterocycles. The van der Waals surface area contributed by atoms with E-state index < -0.39 is 6.17 Å². The molecule has 224 valence electrons. The van der Waals surface area contributed by atoms with Gasteiger partial charge in [-0.2, -0.15) is 10.2 Å². The van der Waals surface area contributed by atoms with Crippen LogP contribution >= 0.6 is 0 Å². The molecule has 0 bridgehead atoms. The van der Waals surface area contributed by atoms with Crippen molar-refractivity contribution in [1.82, 2.24) is 24.9 Å². The molecule has 1 atom stereocenters. The first-order chi connectivity index (χ1) is 22.7. The van der Waals surface area contributed by atoms with Crippen molar-refractivity contribution < 1.29 is 4.79 Å². The quantitative estimate of drug-likeness (QED) is 0.181. The number of carbonyl (C=O) groups excluding carboxylic acids is 1. The molecule has 6 nitrogen and oxygen atoms in total. The van der Waals surface area contributed by atoms with Gasteiger partial charge in [0, 0.05) is 11.1 Å². The van der Waals surface area contributed by atoms with Gasteiger partial charge in [0.2, 0.25) is 6.17 Å². The molecule has 0 unspecified atom stereocenters. The van der Waals surface area contributed by atoms with E-state index in [4.69, 9.17) is 10.2 Å². The van der Waals surface area contributed by atoms with Crippen LogP contribution in [-0.2, 0) is 4.79 Å². The normalized spacial score (nSPS) is 11.8. The van der Waals surface area contributed by atoms with Crippen LogP contribution in [0.3, 0.4) is 0 Å². The number of nitrogens with one attached hydrogen (secondary N) is 1. The zero-order chi connectivity index (χ0) is 31.3. The second-order valence-corrected chi connectivity index (χ2v) is 11.2. The highest BCUT2D eigenvalue weighted by atomic mass is 16.2. The molecule has 0 radical (unpaired) electrons. The summed E-state index contributed by atoms with van der Waals surface area (Å²) in [6.45, 7) is 2.00. The molecule has 0 saturated carbocycles. The van der Waals surface area contributed by atoms with Crippen LogP contribution in [0.1, 0.15) is 24.7 Å². The van der Waals surface area contributed by atoms with Gasteiger partial charge in [0.1, 0.15) is 0 Å². The minimum Gasteiger partial charge on any atom is -0.346 e. The maximum Gasteiger partial charge on any atom is 0.267 e. The molecule has 5 aromatic carbocycles. The number of nitrogens with zero attached hydrogens (tertiary/aromatic N) is 4. The molecule has 7 rings (SSSR count). The second kappa shape index (κ2) is 12.9. The first-order valence-corrected chi connectivity index (χ1v) is 15.4. The third kappa shape index (κ3) is 5.88. The zero-order valence-electron chi connectivity index (χ0n) is 25.4. The summed E-state index contributed by atoms with van der Waals surface area (Å²) in [4.78, 5) is 14.8. The number of aromatic nitrogens is 4. The van der Waals surface area contributed by atoms with Crippen molar-refractivity contribution in [3.63, 3.8) is 0 Å². The fourth-order valence-electron chi connectivity index (χ4n) is 5.75. The Morgan fingerprint density at radius 2 is 0.870 bits per heavy atom. The number of hydrogen-bond acceptors (Lipinski definition) is 3. The average molecular weight is 600 g/mol. The first kappa shape index (κ1) is 28.7. The highest BCUT2D eigenvalue weighted by Gasteiger charge is 2.32. The van der Waals surface area contributed by atoms with Gasteiger partial charge in [0.25, 0.3) is 5.91 Å². The van der Waals surface area contributed by atoms with Gasteiger partial charge < -0.3 is 5.32 Å². The third-order valence-electron chi connectivity index (χ3n) is 8.11. The van der Waals surface area contributed by atoms with Crippen LogP contribution < -0.4 is 5.32 Å². The molecule has 46 heavy (non-hydrogen) atoms. The molecule has 6 heteroatoms. The van der Waals surface area contributed by atoms with E-state index in [0.717, 1.165) is 50.6 Å². The van der Waals surface area contributed by atoms with Crippen LogP contribution in [0.4, 0.5) is 0 Å². The molecule has 2 aromatic heterocycles. The standard InChI is InChI=1S/C40H33N5O/c1-29(30-17-7-2-8-18-30)41-39(46)40(44-37(33-23-13-5-14-24-33)27-35(42-44)31-19-9-3-10-20-31)45-38(34-25-15-6-16-26-34)28-36(43-45)32-21-11-4-12-22-32/h2-29,40H,1H3,(H,41,46)/t29-/m1/s1. The van der Waals surface area contributed by atoms with E-state index in [2.05, 4.69) is 17.4 Å². The smallest absolute Gasteiger partial charge is 0.267 e. The van der Waals surface area contributed by atoms with Gasteiger partial charge >= 0.3 is 0 Å². The van der Waals surface area contributed by atoms with Gasteiger partial charge in [0.05, 0.1) is 28.8 Å². The van der Waals surface area contributed by atoms with Crippen LogP contribution in [0, 0.1) is 0 Å². The van der Waals surface area contributed by atoms with Gasteiger partial charge in [0.15, 0.2) is 0 Å². The minimum absolute atomic E-state index is 0.226. The van der Waals surface area contributed by atoms with Crippen LogP contribution in [0.2, 0.25) is 0 Å². The Kier molecular flexibility index (Phi) is 8.07. The van der Waals surface area contributed by atoms with Crippen LogP contribution in [0.5, 0.6) is 0 Å².